The average molecular weight is 444 g/mol. The highest BCUT2D eigenvalue weighted by Crippen LogP contribution is 2.39. The summed E-state index contributed by atoms with van der Waals surface area (Å²) in [6.45, 7) is 5.61. The molecule has 1 aromatic carbocycles. The van der Waals surface area contributed by atoms with Crippen LogP contribution in [0, 0.1) is 5.92 Å². The smallest absolute Gasteiger partial charge is 0.251 e. The van der Waals surface area contributed by atoms with Crippen molar-refractivity contribution in [1.29, 1.82) is 0 Å². The van der Waals surface area contributed by atoms with E-state index in [9.17, 15) is 9.59 Å². The molecule has 4 rings (SSSR count). The van der Waals surface area contributed by atoms with Crippen molar-refractivity contribution in [2.75, 3.05) is 25.1 Å². The monoisotopic (exact) mass is 443 g/mol. The van der Waals surface area contributed by atoms with E-state index in [1.165, 1.54) is 11.3 Å². The van der Waals surface area contributed by atoms with E-state index in [1.54, 1.807) is 0 Å². The fourth-order valence-electron chi connectivity index (χ4n) is 4.24. The maximum atomic E-state index is 12.7. The number of carbonyl (C=O) groups excluding carboxylic acids is 2. The highest BCUT2D eigenvalue weighted by atomic mass is 32.1. The number of anilines is 1. The Kier molecular flexibility index (Phi) is 6.48. The molecule has 7 nitrogen and oxygen atoms in total. The fourth-order valence-corrected chi connectivity index (χ4v) is 5.55. The Bertz CT molecular complexity index is 985. The van der Waals surface area contributed by atoms with Crippen molar-refractivity contribution in [2.45, 2.75) is 45.6 Å². The Hall–Kier alpha value is -2.58. The van der Waals surface area contributed by atoms with Gasteiger partial charge in [0.15, 0.2) is 11.5 Å². The molecule has 1 unspecified atom stereocenters. The van der Waals surface area contributed by atoms with Gasteiger partial charge in [-0.2, -0.15) is 0 Å². The van der Waals surface area contributed by atoms with E-state index in [0.29, 0.717) is 23.8 Å². The number of carbonyl (C=O) groups is 2. The number of thiophene rings is 1. The molecule has 8 heteroatoms. The van der Waals surface area contributed by atoms with Crippen molar-refractivity contribution in [3.05, 3.63) is 39.8 Å². The second kappa shape index (κ2) is 9.28. The molecule has 1 aromatic heterocycles. The number of aryl methyl sites for hydroxylation is 1. The van der Waals surface area contributed by atoms with Crippen LogP contribution in [0.2, 0.25) is 0 Å². The number of nitrogens with one attached hydrogen (secondary N) is 2. The predicted octanol–water partition coefficient (Wildman–Crippen LogP) is 3.42. The lowest BCUT2D eigenvalue weighted by atomic mass is 9.95. The first-order chi connectivity index (χ1) is 14.9. The number of nitrogens with two attached hydrogens (primary N) is 1. The second-order valence-corrected chi connectivity index (χ2v) is 9.44. The number of ether oxygens (including phenoxy) is 2. The summed E-state index contributed by atoms with van der Waals surface area (Å²) in [5, 5.41) is 6.82. The minimum absolute atomic E-state index is 0.0353. The van der Waals surface area contributed by atoms with E-state index < -0.39 is 5.91 Å². The van der Waals surface area contributed by atoms with Crippen molar-refractivity contribution in [1.82, 2.24) is 5.32 Å². The standard InChI is InChI=1S/C23H29N3O4S/c1-13(2)21(14-7-8-16-17(11-14)30-10-4-9-29-16)25-12-19(27)26-23-20(22(24)28)15-5-3-6-18(15)31-23/h7-8,11,13,21,25H,3-6,9-10,12H2,1-2H3,(H2,24,28)(H,26,27). The minimum Gasteiger partial charge on any atom is -0.490 e. The number of primary amides is 1. The molecule has 0 saturated heterocycles. The summed E-state index contributed by atoms with van der Waals surface area (Å²) in [6.07, 6.45) is 3.67. The maximum Gasteiger partial charge on any atom is 0.251 e. The number of fused-ring (bicyclic) bond motifs is 2. The van der Waals surface area contributed by atoms with Gasteiger partial charge in [-0.25, -0.2) is 0 Å². The lowest BCUT2D eigenvalue weighted by Gasteiger charge is -2.23. The van der Waals surface area contributed by atoms with Gasteiger partial charge in [0, 0.05) is 17.3 Å². The molecular formula is C23H29N3O4S. The van der Waals surface area contributed by atoms with E-state index >= 15 is 0 Å². The third-order valence-corrected chi connectivity index (χ3v) is 6.91. The predicted molar refractivity (Wildman–Crippen MR) is 121 cm³/mol. The lowest BCUT2D eigenvalue weighted by molar-refractivity contribution is -0.115. The van der Waals surface area contributed by atoms with E-state index in [2.05, 4.69) is 24.5 Å². The zero-order valence-corrected chi connectivity index (χ0v) is 18.8. The van der Waals surface area contributed by atoms with Crippen LogP contribution < -0.4 is 25.8 Å². The van der Waals surface area contributed by atoms with Gasteiger partial charge in [0.1, 0.15) is 5.00 Å². The Morgan fingerprint density at radius 2 is 1.90 bits per heavy atom. The fraction of sp³-hybridized carbons (Fsp3) is 0.478. The molecular weight excluding hydrogens is 414 g/mol. The molecule has 1 aliphatic carbocycles. The molecule has 0 spiro atoms. The Morgan fingerprint density at radius 1 is 1.13 bits per heavy atom. The third kappa shape index (κ3) is 4.70. The quantitative estimate of drug-likeness (QED) is 0.608. The third-order valence-electron chi connectivity index (χ3n) is 5.70. The number of hydrogen-bond acceptors (Lipinski definition) is 6. The molecule has 2 aromatic rings. The van der Waals surface area contributed by atoms with Gasteiger partial charge in [-0.1, -0.05) is 19.9 Å². The van der Waals surface area contributed by atoms with Gasteiger partial charge in [-0.3, -0.25) is 9.59 Å². The van der Waals surface area contributed by atoms with Crippen LogP contribution in [0.4, 0.5) is 5.00 Å². The molecule has 166 valence electrons. The zero-order valence-electron chi connectivity index (χ0n) is 18.0. The van der Waals surface area contributed by atoms with Gasteiger partial charge in [0.05, 0.1) is 25.3 Å². The van der Waals surface area contributed by atoms with Crippen molar-refractivity contribution in [3.8, 4) is 11.5 Å². The van der Waals surface area contributed by atoms with Gasteiger partial charge in [0.25, 0.3) is 5.91 Å². The van der Waals surface area contributed by atoms with Gasteiger partial charge < -0.3 is 25.8 Å². The molecule has 31 heavy (non-hydrogen) atoms. The lowest BCUT2D eigenvalue weighted by Crippen LogP contribution is -2.34. The molecule has 0 fully saturated rings. The van der Waals surface area contributed by atoms with Crippen LogP contribution in [0.5, 0.6) is 11.5 Å². The first-order valence-electron chi connectivity index (χ1n) is 10.8. The second-order valence-electron chi connectivity index (χ2n) is 8.33. The Labute approximate surface area is 186 Å². The molecule has 0 bridgehead atoms. The minimum atomic E-state index is -0.477. The highest BCUT2D eigenvalue weighted by molar-refractivity contribution is 7.17. The average Bonchev–Trinajstić information content (AvgIpc) is 3.20. The first kappa shape index (κ1) is 21.6. The van der Waals surface area contributed by atoms with Crippen molar-refractivity contribution < 1.29 is 19.1 Å². The number of hydrogen-bond donors (Lipinski definition) is 3. The molecule has 1 atom stereocenters. The Morgan fingerprint density at radius 3 is 2.65 bits per heavy atom. The van der Waals surface area contributed by atoms with Crippen molar-refractivity contribution >= 4 is 28.2 Å². The topological polar surface area (TPSA) is 103 Å². The van der Waals surface area contributed by atoms with Crippen LogP contribution in [0.1, 0.15) is 59.1 Å². The normalized spacial score (nSPS) is 16.0. The highest BCUT2D eigenvalue weighted by Gasteiger charge is 2.26. The maximum absolute atomic E-state index is 12.7. The van der Waals surface area contributed by atoms with Gasteiger partial charge in [-0.15, -0.1) is 11.3 Å². The van der Waals surface area contributed by atoms with Crippen LogP contribution in [0.3, 0.4) is 0 Å². The van der Waals surface area contributed by atoms with E-state index in [0.717, 1.165) is 53.2 Å². The summed E-state index contributed by atoms with van der Waals surface area (Å²) in [7, 11) is 0. The SMILES string of the molecule is CC(C)C(NCC(=O)Nc1sc2c(c1C(N)=O)CCC2)c1ccc2c(c1)OCCCO2. The molecule has 2 heterocycles. The molecule has 1 aliphatic heterocycles. The van der Waals surface area contributed by atoms with Crippen LogP contribution in [0.15, 0.2) is 18.2 Å². The summed E-state index contributed by atoms with van der Waals surface area (Å²) in [5.74, 6) is 1.08. The molecule has 2 amide bonds. The molecule has 0 radical (unpaired) electrons. The summed E-state index contributed by atoms with van der Waals surface area (Å²) in [5.41, 5.74) is 8.12. The van der Waals surface area contributed by atoms with Gasteiger partial charge in [-0.05, 0) is 48.4 Å². The summed E-state index contributed by atoms with van der Waals surface area (Å²) in [4.78, 5) is 25.8. The number of rotatable bonds is 7. The van der Waals surface area contributed by atoms with E-state index in [4.69, 9.17) is 15.2 Å². The molecule has 0 saturated carbocycles. The number of amides is 2. The van der Waals surface area contributed by atoms with Crippen molar-refractivity contribution in [2.24, 2.45) is 11.7 Å². The van der Waals surface area contributed by atoms with E-state index in [1.807, 2.05) is 18.2 Å². The van der Waals surface area contributed by atoms with Crippen molar-refractivity contribution in [3.63, 3.8) is 0 Å². The molecule has 2 aliphatic rings. The summed E-state index contributed by atoms with van der Waals surface area (Å²) in [6, 6.07) is 5.90. The van der Waals surface area contributed by atoms with E-state index in [-0.39, 0.29) is 24.4 Å². The van der Waals surface area contributed by atoms with Crippen LogP contribution in [-0.2, 0) is 17.6 Å². The van der Waals surface area contributed by atoms with Gasteiger partial charge >= 0.3 is 0 Å². The van der Waals surface area contributed by atoms with Crippen LogP contribution in [0.25, 0.3) is 0 Å². The Balaban J connectivity index is 1.44. The zero-order chi connectivity index (χ0) is 22.0. The summed E-state index contributed by atoms with van der Waals surface area (Å²) < 4.78 is 11.5. The van der Waals surface area contributed by atoms with Crippen LogP contribution in [-0.4, -0.2) is 31.6 Å². The van der Waals surface area contributed by atoms with Crippen LogP contribution >= 0.6 is 11.3 Å². The summed E-state index contributed by atoms with van der Waals surface area (Å²) >= 11 is 1.47. The number of benzene rings is 1. The molecule has 4 N–H and O–H groups in total. The first-order valence-corrected chi connectivity index (χ1v) is 11.6. The van der Waals surface area contributed by atoms with Gasteiger partial charge in [0.2, 0.25) is 5.91 Å². The largest absolute Gasteiger partial charge is 0.490 e.